The number of hydrogen-bond donors (Lipinski definition) is 0. The lowest BCUT2D eigenvalue weighted by Gasteiger charge is -2.13. The van der Waals surface area contributed by atoms with Gasteiger partial charge in [-0.2, -0.15) is 5.10 Å². The van der Waals surface area contributed by atoms with Crippen molar-refractivity contribution in [2.45, 2.75) is 0 Å². The highest BCUT2D eigenvalue weighted by molar-refractivity contribution is 14.1. The number of rotatable bonds is 8. The zero-order valence-corrected chi connectivity index (χ0v) is 19.9. The highest BCUT2D eigenvalue weighted by atomic mass is 127. The number of benzene rings is 2. The molecule has 0 saturated carbocycles. The second-order valence-electron chi connectivity index (χ2n) is 6.39. The van der Waals surface area contributed by atoms with E-state index in [2.05, 4.69) is 34.3 Å². The van der Waals surface area contributed by atoms with Gasteiger partial charge in [0, 0.05) is 5.56 Å². The van der Waals surface area contributed by atoms with Crippen LogP contribution in [0.3, 0.4) is 0 Å². The number of carbonyl (C=O) groups is 2. The molecular formula is C23H21IN2O6. The molecule has 0 aliphatic carbocycles. The fourth-order valence-electron chi connectivity index (χ4n) is 3.10. The molecule has 9 heteroatoms. The van der Waals surface area contributed by atoms with E-state index in [1.807, 2.05) is 6.07 Å². The molecule has 3 rings (SSSR count). The first-order valence-electron chi connectivity index (χ1n) is 9.43. The number of halogens is 1. The molecule has 0 atom stereocenters. The van der Waals surface area contributed by atoms with Crippen LogP contribution in [-0.2, 0) is 9.47 Å². The van der Waals surface area contributed by atoms with Gasteiger partial charge in [0.2, 0.25) is 0 Å². The molecule has 0 aliphatic heterocycles. The number of methoxy groups -OCH3 is 3. The normalized spacial score (nSPS) is 10.4. The lowest BCUT2D eigenvalue weighted by atomic mass is 10.0. The first-order chi connectivity index (χ1) is 15.5. The van der Waals surface area contributed by atoms with Crippen LogP contribution < -0.4 is 9.47 Å². The van der Waals surface area contributed by atoms with Crippen LogP contribution in [0.25, 0.3) is 16.9 Å². The fraction of sp³-hybridized carbons (Fsp3) is 0.174. The minimum atomic E-state index is -0.722. The summed E-state index contributed by atoms with van der Waals surface area (Å²) in [6.07, 6.45) is 1.63. The number of carbonyl (C=O) groups excluding carboxylic acids is 2. The van der Waals surface area contributed by atoms with Crippen molar-refractivity contribution in [3.05, 3.63) is 69.9 Å². The van der Waals surface area contributed by atoms with E-state index in [1.54, 1.807) is 42.5 Å². The van der Waals surface area contributed by atoms with Gasteiger partial charge in [-0.25, -0.2) is 14.3 Å². The predicted octanol–water partition coefficient (Wildman–Crippen LogP) is 4.29. The van der Waals surface area contributed by atoms with Crippen LogP contribution >= 0.6 is 22.6 Å². The number of ether oxygens (including phenoxy) is 4. The Bertz CT molecular complexity index is 1160. The van der Waals surface area contributed by atoms with Crippen molar-refractivity contribution in [2.24, 2.45) is 0 Å². The monoisotopic (exact) mass is 548 g/mol. The Hall–Kier alpha value is -3.34. The Balaban J connectivity index is 2.32. The Morgan fingerprint density at radius 2 is 1.78 bits per heavy atom. The van der Waals surface area contributed by atoms with Gasteiger partial charge in [0.15, 0.2) is 17.2 Å². The molecule has 1 heterocycles. The summed E-state index contributed by atoms with van der Waals surface area (Å²) in [7, 11) is 3.99. The van der Waals surface area contributed by atoms with Crippen LogP contribution in [0.4, 0.5) is 0 Å². The molecule has 0 saturated heterocycles. The lowest BCUT2D eigenvalue weighted by molar-refractivity contribution is 0.0549. The van der Waals surface area contributed by atoms with E-state index >= 15 is 0 Å². The van der Waals surface area contributed by atoms with E-state index in [0.717, 1.165) is 3.57 Å². The van der Waals surface area contributed by atoms with E-state index in [1.165, 1.54) is 26.0 Å². The van der Waals surface area contributed by atoms with Crippen molar-refractivity contribution in [3.8, 4) is 28.4 Å². The van der Waals surface area contributed by atoms with E-state index < -0.39 is 11.9 Å². The lowest BCUT2D eigenvalue weighted by Crippen LogP contribution is -2.15. The molecule has 0 aliphatic rings. The Morgan fingerprint density at radius 1 is 1.09 bits per heavy atom. The van der Waals surface area contributed by atoms with Crippen molar-refractivity contribution in [3.63, 3.8) is 0 Å². The maximum atomic E-state index is 12.8. The van der Waals surface area contributed by atoms with E-state index in [-0.39, 0.29) is 17.0 Å². The average molecular weight is 548 g/mol. The molecule has 0 N–H and O–H groups in total. The minimum absolute atomic E-state index is 0.0131. The SMILES string of the molecule is C=CCOc1c(I)cc(-c2nn(-c3ccccc3)c(C(=O)OC)c2C(=O)OC)cc1OC. The van der Waals surface area contributed by atoms with Crippen LogP contribution in [0.1, 0.15) is 20.8 Å². The average Bonchev–Trinajstić information content (AvgIpc) is 3.23. The standard InChI is InChI=1S/C23H21IN2O6/c1-5-11-32-21-16(24)12-14(13-17(21)29-2)19-18(22(27)30-3)20(23(28)31-4)26(25-19)15-9-7-6-8-10-15/h5-10,12-13H,1,11H2,2-4H3. The molecule has 8 nitrogen and oxygen atoms in total. The van der Waals surface area contributed by atoms with Crippen LogP contribution in [0.5, 0.6) is 11.5 Å². The zero-order valence-electron chi connectivity index (χ0n) is 17.8. The summed E-state index contributed by atoms with van der Waals surface area (Å²) >= 11 is 2.11. The molecule has 166 valence electrons. The molecule has 3 aromatic rings. The topological polar surface area (TPSA) is 88.9 Å². The molecule has 0 unspecified atom stereocenters. The third kappa shape index (κ3) is 4.47. The first kappa shape index (κ1) is 23.3. The van der Waals surface area contributed by atoms with Gasteiger partial charge in [0.05, 0.1) is 30.6 Å². The molecule has 0 bridgehead atoms. The summed E-state index contributed by atoms with van der Waals surface area (Å²) in [5.74, 6) is -0.463. The summed E-state index contributed by atoms with van der Waals surface area (Å²) < 4.78 is 23.2. The summed E-state index contributed by atoms with van der Waals surface area (Å²) in [6, 6.07) is 12.4. The van der Waals surface area contributed by atoms with Crippen molar-refractivity contribution in [2.75, 3.05) is 27.9 Å². The van der Waals surface area contributed by atoms with Crippen molar-refractivity contribution in [1.82, 2.24) is 9.78 Å². The molecule has 2 aromatic carbocycles. The molecule has 32 heavy (non-hydrogen) atoms. The fourth-order valence-corrected chi connectivity index (χ4v) is 3.85. The Morgan fingerprint density at radius 3 is 2.38 bits per heavy atom. The highest BCUT2D eigenvalue weighted by Gasteiger charge is 2.32. The van der Waals surface area contributed by atoms with Crippen molar-refractivity contribution < 1.29 is 28.5 Å². The second-order valence-corrected chi connectivity index (χ2v) is 7.55. The van der Waals surface area contributed by atoms with Gasteiger partial charge in [-0.1, -0.05) is 30.9 Å². The predicted molar refractivity (Wildman–Crippen MR) is 127 cm³/mol. The molecule has 0 spiro atoms. The van der Waals surface area contributed by atoms with Gasteiger partial charge in [-0.15, -0.1) is 0 Å². The third-order valence-electron chi connectivity index (χ3n) is 4.50. The molecule has 0 radical (unpaired) electrons. The first-order valence-corrected chi connectivity index (χ1v) is 10.5. The highest BCUT2D eigenvalue weighted by Crippen LogP contribution is 2.39. The molecule has 1 aromatic heterocycles. The summed E-state index contributed by atoms with van der Waals surface area (Å²) in [5, 5.41) is 4.60. The van der Waals surface area contributed by atoms with Crippen LogP contribution in [-0.4, -0.2) is 49.7 Å². The minimum Gasteiger partial charge on any atom is -0.493 e. The van der Waals surface area contributed by atoms with Crippen LogP contribution in [0, 0.1) is 3.57 Å². The van der Waals surface area contributed by atoms with Crippen LogP contribution in [0.15, 0.2) is 55.1 Å². The Labute approximate surface area is 198 Å². The molecule has 0 amide bonds. The van der Waals surface area contributed by atoms with Gasteiger partial charge in [0.1, 0.15) is 17.9 Å². The van der Waals surface area contributed by atoms with E-state index in [9.17, 15) is 9.59 Å². The number of nitrogens with zero attached hydrogens (tertiary/aromatic N) is 2. The number of para-hydroxylation sites is 1. The maximum Gasteiger partial charge on any atom is 0.357 e. The van der Waals surface area contributed by atoms with Gasteiger partial charge in [-0.05, 0) is 46.9 Å². The van der Waals surface area contributed by atoms with E-state index in [4.69, 9.17) is 18.9 Å². The number of hydrogen-bond acceptors (Lipinski definition) is 7. The molecular weight excluding hydrogens is 527 g/mol. The number of aromatic nitrogens is 2. The van der Waals surface area contributed by atoms with Gasteiger partial charge < -0.3 is 18.9 Å². The Kier molecular flexibility index (Phi) is 7.52. The van der Waals surface area contributed by atoms with Crippen molar-refractivity contribution in [1.29, 1.82) is 0 Å². The van der Waals surface area contributed by atoms with Crippen molar-refractivity contribution >= 4 is 34.5 Å². The second kappa shape index (κ2) is 10.3. The third-order valence-corrected chi connectivity index (χ3v) is 5.30. The summed E-state index contributed by atoms with van der Waals surface area (Å²) in [6.45, 7) is 3.96. The largest absolute Gasteiger partial charge is 0.493 e. The smallest absolute Gasteiger partial charge is 0.357 e. The summed E-state index contributed by atoms with van der Waals surface area (Å²) in [5.41, 5.74) is 1.31. The van der Waals surface area contributed by atoms with Gasteiger partial charge >= 0.3 is 11.9 Å². The van der Waals surface area contributed by atoms with Gasteiger partial charge in [-0.3, -0.25) is 0 Å². The number of esters is 2. The summed E-state index contributed by atoms with van der Waals surface area (Å²) in [4.78, 5) is 25.5. The van der Waals surface area contributed by atoms with Gasteiger partial charge in [0.25, 0.3) is 0 Å². The quantitative estimate of drug-likeness (QED) is 0.236. The zero-order chi connectivity index (χ0) is 23.3. The van der Waals surface area contributed by atoms with E-state index in [0.29, 0.717) is 29.4 Å². The maximum absolute atomic E-state index is 12.8. The molecule has 0 fully saturated rings. The van der Waals surface area contributed by atoms with Crippen LogP contribution in [0.2, 0.25) is 0 Å².